The van der Waals surface area contributed by atoms with Crippen LogP contribution < -0.4 is 0 Å². The molecule has 0 unspecified atom stereocenters. The van der Waals surface area contributed by atoms with E-state index in [0.717, 1.165) is 44.6 Å². The van der Waals surface area contributed by atoms with Crippen LogP contribution in [0.2, 0.25) is 0 Å². The summed E-state index contributed by atoms with van der Waals surface area (Å²) in [5.41, 5.74) is 7.82. The SMILES string of the molecule is c1ccc(-c2cccc(-c3ccccc3)c2-n2cnnc2-c2cccc3ocnc23)cc1. The molecular formula is C27H18N4O. The van der Waals surface area contributed by atoms with Crippen LogP contribution >= 0.6 is 0 Å². The molecule has 5 heteroatoms. The minimum Gasteiger partial charge on any atom is -0.443 e. The minimum atomic E-state index is 0.713. The minimum absolute atomic E-state index is 0.713. The van der Waals surface area contributed by atoms with E-state index >= 15 is 0 Å². The predicted molar refractivity (Wildman–Crippen MR) is 125 cm³/mol. The highest BCUT2D eigenvalue weighted by Gasteiger charge is 2.20. The van der Waals surface area contributed by atoms with Crippen LogP contribution in [0.1, 0.15) is 0 Å². The molecule has 0 saturated heterocycles. The van der Waals surface area contributed by atoms with Gasteiger partial charge in [-0.1, -0.05) is 84.9 Å². The zero-order valence-electron chi connectivity index (χ0n) is 17.1. The van der Waals surface area contributed by atoms with Gasteiger partial charge < -0.3 is 4.42 Å². The highest BCUT2D eigenvalue weighted by molar-refractivity contribution is 5.91. The second-order valence-corrected chi connectivity index (χ2v) is 7.46. The second kappa shape index (κ2) is 7.63. The average molecular weight is 414 g/mol. The largest absolute Gasteiger partial charge is 0.443 e. The third-order valence-electron chi connectivity index (χ3n) is 5.60. The molecule has 0 aliphatic rings. The first kappa shape index (κ1) is 18.3. The zero-order valence-corrected chi connectivity index (χ0v) is 17.1. The maximum absolute atomic E-state index is 5.52. The topological polar surface area (TPSA) is 56.7 Å². The van der Waals surface area contributed by atoms with Gasteiger partial charge in [0.15, 0.2) is 17.8 Å². The van der Waals surface area contributed by atoms with E-state index in [1.807, 2.05) is 34.9 Å². The van der Waals surface area contributed by atoms with Crippen molar-refractivity contribution in [3.8, 4) is 39.3 Å². The summed E-state index contributed by atoms with van der Waals surface area (Å²) in [6, 6.07) is 33.0. The lowest BCUT2D eigenvalue weighted by atomic mass is 9.95. The van der Waals surface area contributed by atoms with E-state index in [4.69, 9.17) is 4.42 Å². The summed E-state index contributed by atoms with van der Waals surface area (Å²) in [5.74, 6) is 0.713. The van der Waals surface area contributed by atoms with Gasteiger partial charge in [-0.25, -0.2) is 4.98 Å². The van der Waals surface area contributed by atoms with E-state index in [0.29, 0.717) is 5.82 Å². The molecule has 6 aromatic rings. The van der Waals surface area contributed by atoms with Crippen LogP contribution in [0, 0.1) is 0 Å². The van der Waals surface area contributed by atoms with Crippen LogP contribution in [0.4, 0.5) is 0 Å². The van der Waals surface area contributed by atoms with E-state index < -0.39 is 0 Å². The Labute approximate surface area is 184 Å². The number of benzene rings is 4. The van der Waals surface area contributed by atoms with Crippen molar-refractivity contribution in [3.05, 3.63) is 110 Å². The number of hydrogen-bond acceptors (Lipinski definition) is 4. The predicted octanol–water partition coefficient (Wildman–Crippen LogP) is 6.41. The summed E-state index contributed by atoms with van der Waals surface area (Å²) in [5, 5.41) is 8.78. The second-order valence-electron chi connectivity index (χ2n) is 7.46. The van der Waals surface area contributed by atoms with E-state index in [2.05, 4.69) is 81.9 Å². The zero-order chi connectivity index (χ0) is 21.3. The van der Waals surface area contributed by atoms with Gasteiger partial charge in [0.2, 0.25) is 0 Å². The summed E-state index contributed by atoms with van der Waals surface area (Å²) >= 11 is 0. The van der Waals surface area contributed by atoms with Crippen molar-refractivity contribution >= 4 is 11.1 Å². The fraction of sp³-hybridized carbons (Fsp3) is 0. The standard InChI is InChI=1S/C27H18N4O/c1-3-9-19(10-4-1)21-13-7-14-22(20-11-5-2-6-12-20)26(21)31-17-29-30-27(31)23-15-8-16-24-25(23)28-18-32-24/h1-18H. The van der Waals surface area contributed by atoms with Crippen LogP contribution in [0.25, 0.3) is 50.4 Å². The molecule has 2 aromatic heterocycles. The Balaban J connectivity index is 1.67. The van der Waals surface area contributed by atoms with Crippen molar-refractivity contribution in [2.45, 2.75) is 0 Å². The number of aromatic nitrogens is 4. The Morgan fingerprint density at radius 2 is 1.25 bits per heavy atom. The molecule has 0 amide bonds. The van der Waals surface area contributed by atoms with Gasteiger partial charge >= 0.3 is 0 Å². The van der Waals surface area contributed by atoms with Gasteiger partial charge in [0, 0.05) is 16.7 Å². The van der Waals surface area contributed by atoms with Gasteiger partial charge in [0.05, 0.1) is 5.69 Å². The van der Waals surface area contributed by atoms with Crippen LogP contribution in [-0.2, 0) is 0 Å². The number of hydrogen-bond donors (Lipinski definition) is 0. The number of oxazole rings is 1. The fourth-order valence-corrected chi connectivity index (χ4v) is 4.15. The van der Waals surface area contributed by atoms with Crippen LogP contribution in [-0.4, -0.2) is 19.7 Å². The van der Waals surface area contributed by atoms with Crippen molar-refractivity contribution in [3.63, 3.8) is 0 Å². The number of rotatable bonds is 4. The quantitative estimate of drug-likeness (QED) is 0.334. The molecule has 0 bridgehead atoms. The molecule has 0 fully saturated rings. The first-order chi connectivity index (χ1) is 15.9. The third kappa shape index (κ3) is 2.99. The van der Waals surface area contributed by atoms with Crippen molar-refractivity contribution in [2.75, 3.05) is 0 Å². The van der Waals surface area contributed by atoms with Gasteiger partial charge in [-0.05, 0) is 23.3 Å². The van der Waals surface area contributed by atoms with E-state index in [-0.39, 0.29) is 0 Å². The third-order valence-corrected chi connectivity index (χ3v) is 5.60. The fourth-order valence-electron chi connectivity index (χ4n) is 4.15. The first-order valence-corrected chi connectivity index (χ1v) is 10.4. The van der Waals surface area contributed by atoms with Crippen LogP contribution in [0.3, 0.4) is 0 Å². The Kier molecular flexibility index (Phi) is 4.36. The summed E-state index contributed by atoms with van der Waals surface area (Å²) < 4.78 is 7.57. The molecule has 152 valence electrons. The van der Waals surface area contributed by atoms with Gasteiger partial charge in [-0.2, -0.15) is 0 Å². The smallest absolute Gasteiger partial charge is 0.182 e. The Hall–Kier alpha value is -4.51. The van der Waals surface area contributed by atoms with Crippen molar-refractivity contribution in [1.82, 2.24) is 19.7 Å². The molecule has 6 rings (SSSR count). The molecule has 2 heterocycles. The van der Waals surface area contributed by atoms with E-state index in [9.17, 15) is 0 Å². The molecule has 5 nitrogen and oxygen atoms in total. The Bertz CT molecular complexity index is 1460. The lowest BCUT2D eigenvalue weighted by Crippen LogP contribution is -2.02. The molecule has 0 spiro atoms. The molecule has 32 heavy (non-hydrogen) atoms. The monoisotopic (exact) mass is 414 g/mol. The van der Waals surface area contributed by atoms with Gasteiger partial charge in [0.25, 0.3) is 0 Å². The van der Waals surface area contributed by atoms with Gasteiger partial charge in [0.1, 0.15) is 11.8 Å². The molecule has 0 saturated carbocycles. The number of fused-ring (bicyclic) bond motifs is 1. The molecule has 0 N–H and O–H groups in total. The molecule has 0 aliphatic heterocycles. The van der Waals surface area contributed by atoms with Crippen molar-refractivity contribution < 1.29 is 4.42 Å². The Morgan fingerprint density at radius 3 is 1.94 bits per heavy atom. The highest BCUT2D eigenvalue weighted by Crippen LogP contribution is 2.38. The maximum atomic E-state index is 5.52. The van der Waals surface area contributed by atoms with Crippen LogP contribution in [0.15, 0.2) is 114 Å². The van der Waals surface area contributed by atoms with Crippen molar-refractivity contribution in [2.24, 2.45) is 0 Å². The Morgan fingerprint density at radius 1 is 0.625 bits per heavy atom. The summed E-state index contributed by atoms with van der Waals surface area (Å²) in [6.45, 7) is 0. The summed E-state index contributed by atoms with van der Waals surface area (Å²) in [4.78, 5) is 4.42. The molecular weight excluding hydrogens is 396 g/mol. The first-order valence-electron chi connectivity index (χ1n) is 10.4. The molecule has 0 atom stereocenters. The summed E-state index contributed by atoms with van der Waals surface area (Å²) in [6.07, 6.45) is 3.23. The van der Waals surface area contributed by atoms with Gasteiger partial charge in [-0.15, -0.1) is 10.2 Å². The van der Waals surface area contributed by atoms with Crippen molar-refractivity contribution in [1.29, 1.82) is 0 Å². The molecule has 0 radical (unpaired) electrons. The lowest BCUT2D eigenvalue weighted by molar-refractivity contribution is 0.602. The molecule has 0 aliphatic carbocycles. The lowest BCUT2D eigenvalue weighted by Gasteiger charge is -2.18. The normalized spacial score (nSPS) is 11.1. The average Bonchev–Trinajstić information content (AvgIpc) is 3.54. The maximum Gasteiger partial charge on any atom is 0.182 e. The number of para-hydroxylation sites is 2. The summed E-state index contributed by atoms with van der Waals surface area (Å²) in [7, 11) is 0. The van der Waals surface area contributed by atoms with Gasteiger partial charge in [-0.3, -0.25) is 4.57 Å². The van der Waals surface area contributed by atoms with Crippen LogP contribution in [0.5, 0.6) is 0 Å². The molecule has 4 aromatic carbocycles. The van der Waals surface area contributed by atoms with E-state index in [1.54, 1.807) is 6.33 Å². The van der Waals surface area contributed by atoms with E-state index in [1.165, 1.54) is 6.39 Å². The number of nitrogens with zero attached hydrogens (tertiary/aromatic N) is 4. The highest BCUT2D eigenvalue weighted by atomic mass is 16.3.